The Labute approximate surface area is 352 Å². The third kappa shape index (κ3) is 10.4. The molecule has 0 aliphatic carbocycles. The summed E-state index contributed by atoms with van der Waals surface area (Å²) in [4.78, 5) is 78.1. The van der Waals surface area contributed by atoms with Gasteiger partial charge in [0.1, 0.15) is 28.4 Å². The lowest BCUT2D eigenvalue weighted by Crippen LogP contribution is -2.32. The van der Waals surface area contributed by atoms with Crippen molar-refractivity contribution in [1.82, 2.24) is 4.90 Å². The summed E-state index contributed by atoms with van der Waals surface area (Å²) in [5.74, 6) is -1.82. The van der Waals surface area contributed by atoms with Crippen molar-refractivity contribution in [3.63, 3.8) is 0 Å². The number of carbonyl (C=O) groups excluding carboxylic acids is 4. The van der Waals surface area contributed by atoms with Crippen molar-refractivity contribution >= 4 is 62.9 Å². The number of imide groups is 1. The molecule has 6 rings (SSSR count). The fourth-order valence-corrected chi connectivity index (χ4v) is 9.30. The number of anilines is 1. The van der Waals surface area contributed by atoms with Gasteiger partial charge in [-0.15, -0.1) is 11.8 Å². The summed E-state index contributed by atoms with van der Waals surface area (Å²) in [5.41, 5.74) is -1.06. The van der Waals surface area contributed by atoms with Crippen LogP contribution in [0.5, 0.6) is 11.5 Å². The fraction of sp³-hybridized carbons (Fsp3) is 0.404. The van der Waals surface area contributed by atoms with Gasteiger partial charge in [-0.25, -0.2) is 9.59 Å². The van der Waals surface area contributed by atoms with Gasteiger partial charge in [-0.1, -0.05) is 88.3 Å². The molecule has 0 bridgehead atoms. The highest BCUT2D eigenvalue weighted by atomic mass is 32.2. The first kappa shape index (κ1) is 43.9. The molecule has 2 aromatic heterocycles. The minimum atomic E-state index is -1.28. The Kier molecular flexibility index (Phi) is 15.0. The Bertz CT molecular complexity index is 2360. The summed E-state index contributed by atoms with van der Waals surface area (Å²) in [6.07, 6.45) is 9.90. The molecule has 0 radical (unpaired) electrons. The van der Waals surface area contributed by atoms with Gasteiger partial charge in [0.25, 0.3) is 0 Å². The van der Waals surface area contributed by atoms with E-state index in [0.717, 1.165) is 64.2 Å². The second-order valence-electron chi connectivity index (χ2n) is 15.5. The van der Waals surface area contributed by atoms with Crippen LogP contribution in [0.4, 0.5) is 5.69 Å². The summed E-state index contributed by atoms with van der Waals surface area (Å²) in [6, 6.07) is 19.4. The highest BCUT2D eigenvalue weighted by molar-refractivity contribution is 8.00. The van der Waals surface area contributed by atoms with E-state index in [1.807, 2.05) is 6.92 Å². The maximum absolute atomic E-state index is 13.5. The van der Waals surface area contributed by atoms with Gasteiger partial charge in [0.05, 0.1) is 33.1 Å². The van der Waals surface area contributed by atoms with Crippen LogP contribution in [-0.4, -0.2) is 56.2 Å². The average molecular weight is 837 g/mol. The van der Waals surface area contributed by atoms with Crippen LogP contribution >= 0.6 is 11.8 Å². The molecule has 2 atom stereocenters. The third-order valence-corrected chi connectivity index (χ3v) is 12.7. The number of nitrogens with zero attached hydrogens (tertiary/aromatic N) is 1. The number of para-hydroxylation sites is 2. The predicted octanol–water partition coefficient (Wildman–Crippen LogP) is 8.81. The number of unbranched alkanes of at least 4 members (excludes halogenated alkanes) is 8. The fourth-order valence-electron chi connectivity index (χ4n) is 7.83. The van der Waals surface area contributed by atoms with Crippen molar-refractivity contribution in [3.05, 3.63) is 110 Å². The molecule has 5 aromatic rings. The van der Waals surface area contributed by atoms with Gasteiger partial charge in [-0.2, -0.15) is 0 Å². The number of amides is 3. The molecule has 316 valence electrons. The van der Waals surface area contributed by atoms with Gasteiger partial charge in [0.2, 0.25) is 17.7 Å². The van der Waals surface area contributed by atoms with Crippen LogP contribution in [-0.2, 0) is 19.2 Å². The van der Waals surface area contributed by atoms with Crippen LogP contribution in [0.15, 0.2) is 91.2 Å². The van der Waals surface area contributed by atoms with Gasteiger partial charge in [-0.05, 0) is 68.1 Å². The highest BCUT2D eigenvalue weighted by Crippen LogP contribution is 2.42. The van der Waals surface area contributed by atoms with Crippen LogP contribution in [0.3, 0.4) is 0 Å². The summed E-state index contributed by atoms with van der Waals surface area (Å²) >= 11 is 1.43. The number of fused-ring (bicyclic) bond motifs is 2. The van der Waals surface area contributed by atoms with E-state index in [-0.39, 0.29) is 85.7 Å². The Morgan fingerprint density at radius 1 is 0.750 bits per heavy atom. The van der Waals surface area contributed by atoms with E-state index in [4.69, 9.17) is 8.83 Å². The minimum absolute atomic E-state index is 0.0762. The number of likely N-dealkylation sites (tertiary alicyclic amines) is 1. The molecule has 60 heavy (non-hydrogen) atoms. The lowest BCUT2D eigenvalue weighted by atomic mass is 9.84. The average Bonchev–Trinajstić information content (AvgIpc) is 3.50. The van der Waals surface area contributed by atoms with Gasteiger partial charge in [0.15, 0.2) is 0 Å². The summed E-state index contributed by atoms with van der Waals surface area (Å²) in [5, 5.41) is 25.9. The SMILES string of the molecule is CC[C@@H](CSC1CC(=O)N(CCCCCCCCCCCC(=O)Nc2ccc(C(c3c(O)c4ccccc4oc3=O)c3c(O)c4ccccc4oc3=O)cc2)C1=O)C(C)=O. The van der Waals surface area contributed by atoms with Crippen LogP contribution in [0.25, 0.3) is 21.9 Å². The van der Waals surface area contributed by atoms with E-state index in [9.17, 15) is 39.0 Å². The molecule has 1 saturated heterocycles. The van der Waals surface area contributed by atoms with E-state index in [1.165, 1.54) is 16.7 Å². The topological polar surface area (TPSA) is 184 Å². The minimum Gasteiger partial charge on any atom is -0.507 e. The van der Waals surface area contributed by atoms with Gasteiger partial charge < -0.3 is 24.4 Å². The van der Waals surface area contributed by atoms with E-state index in [0.29, 0.717) is 30.0 Å². The molecular formula is C47H52N2O10S. The van der Waals surface area contributed by atoms with Gasteiger partial charge in [0, 0.05) is 36.7 Å². The largest absolute Gasteiger partial charge is 0.507 e. The molecule has 12 nitrogen and oxygen atoms in total. The third-order valence-electron chi connectivity index (χ3n) is 11.3. The van der Waals surface area contributed by atoms with Crippen molar-refractivity contribution in [2.24, 2.45) is 5.92 Å². The number of thioether (sulfide) groups is 1. The number of nitrogens with one attached hydrogen (secondary N) is 1. The molecule has 3 heterocycles. The first-order chi connectivity index (χ1) is 29.0. The number of hydrogen-bond donors (Lipinski definition) is 3. The quantitative estimate of drug-likeness (QED) is 0.0365. The Morgan fingerprint density at radius 3 is 1.80 bits per heavy atom. The molecule has 3 aromatic carbocycles. The zero-order valence-corrected chi connectivity index (χ0v) is 34.9. The molecule has 3 N–H and O–H groups in total. The van der Waals surface area contributed by atoms with Crippen molar-refractivity contribution in [3.8, 4) is 11.5 Å². The summed E-state index contributed by atoms with van der Waals surface area (Å²) < 4.78 is 11.1. The lowest BCUT2D eigenvalue weighted by Gasteiger charge is -2.20. The molecule has 0 saturated carbocycles. The number of benzene rings is 3. The summed E-state index contributed by atoms with van der Waals surface area (Å²) in [7, 11) is 0. The molecular weight excluding hydrogens is 785 g/mol. The maximum atomic E-state index is 13.5. The molecule has 1 unspecified atom stereocenters. The molecule has 13 heteroatoms. The number of rotatable bonds is 21. The van der Waals surface area contributed by atoms with Crippen molar-refractivity contribution in [2.45, 2.75) is 102 Å². The normalized spacial score (nSPS) is 14.7. The van der Waals surface area contributed by atoms with E-state index < -0.39 is 17.2 Å². The van der Waals surface area contributed by atoms with Crippen molar-refractivity contribution in [1.29, 1.82) is 0 Å². The first-order valence-corrected chi connectivity index (χ1v) is 21.9. The Morgan fingerprint density at radius 2 is 1.27 bits per heavy atom. The van der Waals surface area contributed by atoms with Crippen LogP contribution < -0.4 is 16.6 Å². The summed E-state index contributed by atoms with van der Waals surface area (Å²) in [6.45, 7) is 3.99. The molecule has 1 fully saturated rings. The monoisotopic (exact) mass is 836 g/mol. The van der Waals surface area contributed by atoms with Crippen LogP contribution in [0.1, 0.15) is 114 Å². The number of Topliss-reactive ketones (excluding diaryl/α,β-unsaturated/α-hetero) is 1. The van der Waals surface area contributed by atoms with Crippen LogP contribution in [0.2, 0.25) is 0 Å². The highest BCUT2D eigenvalue weighted by Gasteiger charge is 2.39. The Balaban J connectivity index is 0.952. The molecule has 1 aliphatic heterocycles. The predicted molar refractivity (Wildman–Crippen MR) is 233 cm³/mol. The van der Waals surface area contributed by atoms with Gasteiger partial charge >= 0.3 is 11.3 Å². The second kappa shape index (κ2) is 20.5. The van der Waals surface area contributed by atoms with Crippen molar-refractivity contribution < 1.29 is 38.2 Å². The zero-order chi connectivity index (χ0) is 42.8. The van der Waals surface area contributed by atoms with Gasteiger partial charge in [-0.3, -0.25) is 24.1 Å². The number of carbonyl (C=O) groups is 4. The number of aromatic hydroxyl groups is 2. The number of ketones is 1. The zero-order valence-electron chi connectivity index (χ0n) is 34.1. The molecule has 1 aliphatic rings. The van der Waals surface area contributed by atoms with E-state index in [1.54, 1.807) is 79.7 Å². The molecule has 0 spiro atoms. The first-order valence-electron chi connectivity index (χ1n) is 20.8. The van der Waals surface area contributed by atoms with Crippen LogP contribution in [0, 0.1) is 5.92 Å². The maximum Gasteiger partial charge on any atom is 0.344 e. The lowest BCUT2D eigenvalue weighted by molar-refractivity contribution is -0.138. The van der Waals surface area contributed by atoms with E-state index >= 15 is 0 Å². The standard InChI is InChI=1S/C47H52N2O10S/c1-3-30(29(2)50)28-60-37-27-39(52)49(45(37)55)26-16-10-8-6-4-5-7-9-11-21-38(51)48-32-24-22-31(23-25-32)40(41-43(53)33-17-12-14-19-35(33)58-46(41)56)42-44(54)34-18-13-15-20-36(34)59-47(42)57/h12-15,17-20,22-25,30,37,40,53-54H,3-11,16,21,26-28H2,1-2H3,(H,48,51)/t30-,37?/m0/s1. The Hall–Kier alpha value is -5.69. The second-order valence-corrected chi connectivity index (χ2v) is 16.7. The smallest absolute Gasteiger partial charge is 0.344 e. The molecule has 3 amide bonds. The van der Waals surface area contributed by atoms with E-state index in [2.05, 4.69) is 5.32 Å². The van der Waals surface area contributed by atoms with Crippen molar-refractivity contribution in [2.75, 3.05) is 17.6 Å². The number of hydrogen-bond acceptors (Lipinski definition) is 11.